The van der Waals surface area contributed by atoms with Gasteiger partial charge in [-0.05, 0) is 25.5 Å². The van der Waals surface area contributed by atoms with E-state index in [4.69, 9.17) is 0 Å². The van der Waals surface area contributed by atoms with Gasteiger partial charge in [0.15, 0.2) is 0 Å². The standard InChI is InChI=1S/C13H19NO3S/c1-3-4-12-13(9-15)14(12)18(16,17)11-7-5-10(2)6-8-11/h5-8,12-13,15H,3-4,9H2,1-2H3. The van der Waals surface area contributed by atoms with Gasteiger partial charge in [0.25, 0.3) is 0 Å². The molecule has 0 aromatic heterocycles. The van der Waals surface area contributed by atoms with Crippen molar-refractivity contribution in [2.45, 2.75) is 43.7 Å². The average molecular weight is 269 g/mol. The number of nitrogens with zero attached hydrogens (tertiary/aromatic N) is 1. The van der Waals surface area contributed by atoms with Crippen LogP contribution in [0.1, 0.15) is 25.3 Å². The predicted molar refractivity (Wildman–Crippen MR) is 69.8 cm³/mol. The minimum absolute atomic E-state index is 0.0358. The fourth-order valence-electron chi connectivity index (χ4n) is 2.32. The van der Waals surface area contributed by atoms with E-state index < -0.39 is 10.0 Å². The molecule has 1 aliphatic rings. The molecule has 0 saturated carbocycles. The second kappa shape index (κ2) is 4.99. The highest BCUT2D eigenvalue weighted by Gasteiger charge is 2.54. The van der Waals surface area contributed by atoms with Gasteiger partial charge in [0, 0.05) is 6.04 Å². The molecule has 1 aromatic rings. The van der Waals surface area contributed by atoms with Gasteiger partial charge in [0.2, 0.25) is 10.0 Å². The lowest BCUT2D eigenvalue weighted by atomic mass is 10.2. The van der Waals surface area contributed by atoms with Crippen molar-refractivity contribution < 1.29 is 13.5 Å². The summed E-state index contributed by atoms with van der Waals surface area (Å²) in [5.74, 6) is 0. The van der Waals surface area contributed by atoms with Crippen LogP contribution in [0.25, 0.3) is 0 Å². The number of hydrogen-bond donors (Lipinski definition) is 1. The number of sulfonamides is 1. The molecule has 100 valence electrons. The number of aliphatic hydroxyl groups excluding tert-OH is 1. The molecule has 1 saturated heterocycles. The maximum atomic E-state index is 12.4. The quantitative estimate of drug-likeness (QED) is 0.825. The Balaban J connectivity index is 2.24. The monoisotopic (exact) mass is 269 g/mol. The Kier molecular flexibility index (Phi) is 3.75. The number of rotatable bonds is 5. The zero-order valence-corrected chi connectivity index (χ0v) is 11.5. The smallest absolute Gasteiger partial charge is 0.243 e. The van der Waals surface area contributed by atoms with Gasteiger partial charge in [0.05, 0.1) is 17.5 Å². The lowest BCUT2D eigenvalue weighted by Crippen LogP contribution is -2.17. The van der Waals surface area contributed by atoms with Crippen molar-refractivity contribution in [3.63, 3.8) is 0 Å². The van der Waals surface area contributed by atoms with E-state index in [0.717, 1.165) is 18.4 Å². The van der Waals surface area contributed by atoms with E-state index in [9.17, 15) is 13.5 Å². The van der Waals surface area contributed by atoms with Crippen LogP contribution in [0.2, 0.25) is 0 Å². The van der Waals surface area contributed by atoms with Gasteiger partial charge in [0.1, 0.15) is 0 Å². The largest absolute Gasteiger partial charge is 0.395 e. The predicted octanol–water partition coefficient (Wildman–Crippen LogP) is 1.53. The molecule has 1 aliphatic heterocycles. The maximum Gasteiger partial charge on any atom is 0.243 e. The van der Waals surface area contributed by atoms with Crippen LogP contribution in [0.5, 0.6) is 0 Å². The molecule has 1 aromatic carbocycles. The van der Waals surface area contributed by atoms with Crippen LogP contribution in [0.15, 0.2) is 29.2 Å². The Labute approximate surface area is 108 Å². The SMILES string of the molecule is CCCC1C(CO)N1S(=O)(=O)c1ccc(C)cc1. The van der Waals surface area contributed by atoms with E-state index in [1.807, 2.05) is 13.8 Å². The first-order chi connectivity index (χ1) is 8.52. The average Bonchev–Trinajstić information content (AvgIpc) is 3.04. The first-order valence-corrected chi connectivity index (χ1v) is 7.67. The summed E-state index contributed by atoms with van der Waals surface area (Å²) in [6.07, 6.45) is 1.72. The number of hydrogen-bond acceptors (Lipinski definition) is 3. The zero-order chi connectivity index (χ0) is 13.3. The van der Waals surface area contributed by atoms with Crippen molar-refractivity contribution >= 4 is 10.0 Å². The minimum atomic E-state index is -3.44. The van der Waals surface area contributed by atoms with E-state index in [0.29, 0.717) is 4.90 Å². The second-order valence-electron chi connectivity index (χ2n) is 4.75. The number of benzene rings is 1. The fourth-order valence-corrected chi connectivity index (χ4v) is 4.15. The highest BCUT2D eigenvalue weighted by atomic mass is 32.2. The summed E-state index contributed by atoms with van der Waals surface area (Å²) in [5, 5.41) is 9.22. The lowest BCUT2D eigenvalue weighted by Gasteiger charge is -2.06. The van der Waals surface area contributed by atoms with Gasteiger partial charge in [-0.2, -0.15) is 4.31 Å². The van der Waals surface area contributed by atoms with Crippen LogP contribution in [0.4, 0.5) is 0 Å². The van der Waals surface area contributed by atoms with E-state index in [1.54, 1.807) is 24.3 Å². The van der Waals surface area contributed by atoms with E-state index in [2.05, 4.69) is 0 Å². The van der Waals surface area contributed by atoms with Crippen LogP contribution in [0.3, 0.4) is 0 Å². The minimum Gasteiger partial charge on any atom is -0.395 e. The molecule has 1 heterocycles. The first kappa shape index (κ1) is 13.5. The maximum absolute atomic E-state index is 12.4. The van der Waals surface area contributed by atoms with E-state index in [1.165, 1.54) is 4.31 Å². The third-order valence-electron chi connectivity index (χ3n) is 3.38. The van der Waals surface area contributed by atoms with Crippen LogP contribution < -0.4 is 0 Å². The second-order valence-corrected chi connectivity index (χ2v) is 6.60. The van der Waals surface area contributed by atoms with Crippen molar-refractivity contribution in [3.05, 3.63) is 29.8 Å². The summed E-state index contributed by atoms with van der Waals surface area (Å²) < 4.78 is 26.2. The Hall–Kier alpha value is -0.910. The molecule has 0 amide bonds. The third-order valence-corrected chi connectivity index (χ3v) is 5.34. The summed E-state index contributed by atoms with van der Waals surface area (Å²) in [4.78, 5) is 0.310. The summed E-state index contributed by atoms with van der Waals surface area (Å²) >= 11 is 0. The van der Waals surface area contributed by atoms with Crippen molar-refractivity contribution in [2.75, 3.05) is 6.61 Å². The van der Waals surface area contributed by atoms with Crippen LogP contribution in [-0.4, -0.2) is 36.5 Å². The van der Waals surface area contributed by atoms with E-state index in [-0.39, 0.29) is 18.7 Å². The molecule has 1 N–H and O–H groups in total. The van der Waals surface area contributed by atoms with Gasteiger partial charge in [-0.3, -0.25) is 0 Å². The molecule has 2 rings (SSSR count). The highest BCUT2D eigenvalue weighted by molar-refractivity contribution is 7.89. The van der Waals surface area contributed by atoms with Gasteiger partial charge < -0.3 is 5.11 Å². The summed E-state index contributed by atoms with van der Waals surface area (Å²) in [6, 6.07) is 6.56. The molecule has 0 spiro atoms. The van der Waals surface area contributed by atoms with E-state index >= 15 is 0 Å². The topological polar surface area (TPSA) is 57.4 Å². The first-order valence-electron chi connectivity index (χ1n) is 6.23. The molecule has 5 heteroatoms. The van der Waals surface area contributed by atoms with Crippen molar-refractivity contribution in [1.82, 2.24) is 4.31 Å². The molecule has 1 fully saturated rings. The Morgan fingerprint density at radius 3 is 2.33 bits per heavy atom. The number of aliphatic hydroxyl groups is 1. The molecule has 3 unspecified atom stereocenters. The van der Waals surface area contributed by atoms with Crippen molar-refractivity contribution in [2.24, 2.45) is 0 Å². The highest BCUT2D eigenvalue weighted by Crippen LogP contribution is 2.38. The lowest BCUT2D eigenvalue weighted by molar-refractivity contribution is 0.286. The molecule has 0 radical (unpaired) electrons. The molecule has 3 atom stereocenters. The van der Waals surface area contributed by atoms with Crippen molar-refractivity contribution in [3.8, 4) is 0 Å². The Morgan fingerprint density at radius 1 is 1.22 bits per heavy atom. The summed E-state index contributed by atoms with van der Waals surface area (Å²) in [5.41, 5.74) is 1.03. The normalized spacial score (nSPS) is 27.2. The molecule has 4 nitrogen and oxygen atoms in total. The molecule has 0 aliphatic carbocycles. The fraction of sp³-hybridized carbons (Fsp3) is 0.538. The number of aryl methyl sites for hydroxylation is 1. The van der Waals surface area contributed by atoms with Crippen molar-refractivity contribution in [1.29, 1.82) is 0 Å². The van der Waals surface area contributed by atoms with Gasteiger partial charge in [-0.25, -0.2) is 8.42 Å². The molecular weight excluding hydrogens is 250 g/mol. The zero-order valence-electron chi connectivity index (χ0n) is 10.7. The molecule has 18 heavy (non-hydrogen) atoms. The Morgan fingerprint density at radius 2 is 1.83 bits per heavy atom. The molecular formula is C13H19NO3S. The van der Waals surface area contributed by atoms with Gasteiger partial charge >= 0.3 is 0 Å². The third kappa shape index (κ3) is 2.30. The van der Waals surface area contributed by atoms with Crippen LogP contribution >= 0.6 is 0 Å². The summed E-state index contributed by atoms with van der Waals surface area (Å²) in [6.45, 7) is 3.84. The Bertz CT molecular complexity index is 510. The summed E-state index contributed by atoms with van der Waals surface area (Å²) in [7, 11) is -3.44. The van der Waals surface area contributed by atoms with Crippen LogP contribution in [-0.2, 0) is 10.0 Å². The van der Waals surface area contributed by atoms with Gasteiger partial charge in [-0.1, -0.05) is 31.0 Å². The molecule has 0 bridgehead atoms. The van der Waals surface area contributed by atoms with Crippen LogP contribution in [0, 0.1) is 6.92 Å². The van der Waals surface area contributed by atoms with Gasteiger partial charge in [-0.15, -0.1) is 0 Å².